The summed E-state index contributed by atoms with van der Waals surface area (Å²) in [5.74, 6) is 1.31. The quantitative estimate of drug-likeness (QED) is 0.870. The first kappa shape index (κ1) is 13.5. The van der Waals surface area contributed by atoms with Gasteiger partial charge >= 0.3 is 0 Å². The predicted molar refractivity (Wildman–Crippen MR) is 68.1 cm³/mol. The highest BCUT2D eigenvalue weighted by Crippen LogP contribution is 2.47. The first-order chi connectivity index (χ1) is 8.43. The standard InChI is InChI=1S/C13H23N3O2/c1-5-17-9(12(2,3)4)10-15-11(18-16-10)13(8-14)6-7-13/h9H,5-8,14H2,1-4H3. The third kappa shape index (κ3) is 2.42. The van der Waals surface area contributed by atoms with Crippen LogP contribution in [0.2, 0.25) is 0 Å². The molecule has 0 bridgehead atoms. The second-order valence-electron chi connectivity index (χ2n) is 6.14. The highest BCUT2D eigenvalue weighted by Gasteiger charge is 2.48. The van der Waals surface area contributed by atoms with Crippen molar-refractivity contribution >= 4 is 0 Å². The van der Waals surface area contributed by atoms with E-state index >= 15 is 0 Å². The monoisotopic (exact) mass is 253 g/mol. The van der Waals surface area contributed by atoms with E-state index in [1.54, 1.807) is 0 Å². The van der Waals surface area contributed by atoms with Gasteiger partial charge in [0.1, 0.15) is 6.10 Å². The molecule has 0 aromatic carbocycles. The Labute approximate surface area is 108 Å². The molecule has 18 heavy (non-hydrogen) atoms. The van der Waals surface area contributed by atoms with Gasteiger partial charge < -0.3 is 15.0 Å². The van der Waals surface area contributed by atoms with Crippen molar-refractivity contribution in [3.8, 4) is 0 Å². The van der Waals surface area contributed by atoms with Crippen molar-refractivity contribution in [2.75, 3.05) is 13.2 Å². The van der Waals surface area contributed by atoms with Crippen LogP contribution in [0.5, 0.6) is 0 Å². The van der Waals surface area contributed by atoms with Crippen LogP contribution in [0, 0.1) is 5.41 Å². The molecule has 0 amide bonds. The number of hydrogen-bond donors (Lipinski definition) is 1. The highest BCUT2D eigenvalue weighted by atomic mass is 16.5. The molecule has 1 heterocycles. The largest absolute Gasteiger partial charge is 0.370 e. The number of rotatable bonds is 5. The lowest BCUT2D eigenvalue weighted by molar-refractivity contribution is -0.0203. The average Bonchev–Trinajstić information content (AvgIpc) is 2.96. The van der Waals surface area contributed by atoms with Gasteiger partial charge in [-0.25, -0.2) is 0 Å². The fourth-order valence-electron chi connectivity index (χ4n) is 2.09. The van der Waals surface area contributed by atoms with Crippen LogP contribution in [0.3, 0.4) is 0 Å². The summed E-state index contributed by atoms with van der Waals surface area (Å²) in [6.45, 7) is 9.51. The van der Waals surface area contributed by atoms with Crippen LogP contribution in [-0.2, 0) is 10.2 Å². The molecular weight excluding hydrogens is 230 g/mol. The maximum atomic E-state index is 5.77. The van der Waals surface area contributed by atoms with Crippen LogP contribution in [0.1, 0.15) is 58.4 Å². The third-order valence-electron chi connectivity index (χ3n) is 3.49. The van der Waals surface area contributed by atoms with Gasteiger partial charge in [0.15, 0.2) is 0 Å². The van der Waals surface area contributed by atoms with Gasteiger partial charge in [-0.1, -0.05) is 25.9 Å². The van der Waals surface area contributed by atoms with E-state index in [4.69, 9.17) is 15.0 Å². The Morgan fingerprint density at radius 1 is 1.44 bits per heavy atom. The van der Waals surface area contributed by atoms with Gasteiger partial charge in [0.25, 0.3) is 0 Å². The maximum absolute atomic E-state index is 5.77. The molecule has 1 unspecified atom stereocenters. The number of aromatic nitrogens is 2. The molecule has 0 spiro atoms. The van der Waals surface area contributed by atoms with Gasteiger partial charge in [0.2, 0.25) is 11.7 Å². The molecule has 1 aliphatic rings. The van der Waals surface area contributed by atoms with E-state index in [0.29, 0.717) is 24.9 Å². The van der Waals surface area contributed by atoms with E-state index in [1.807, 2.05) is 6.92 Å². The molecule has 1 saturated carbocycles. The fourth-order valence-corrected chi connectivity index (χ4v) is 2.09. The van der Waals surface area contributed by atoms with Crippen LogP contribution >= 0.6 is 0 Å². The molecule has 0 saturated heterocycles. The fraction of sp³-hybridized carbons (Fsp3) is 0.846. The average molecular weight is 253 g/mol. The van der Waals surface area contributed by atoms with Crippen molar-refractivity contribution in [2.24, 2.45) is 11.1 Å². The third-order valence-corrected chi connectivity index (χ3v) is 3.49. The van der Waals surface area contributed by atoms with Crippen molar-refractivity contribution < 1.29 is 9.26 Å². The smallest absolute Gasteiger partial charge is 0.234 e. The predicted octanol–water partition coefficient (Wildman–Crippen LogP) is 2.18. The molecule has 1 aliphatic carbocycles. The second kappa shape index (κ2) is 4.63. The lowest BCUT2D eigenvalue weighted by atomic mass is 9.88. The van der Waals surface area contributed by atoms with Gasteiger partial charge in [-0.05, 0) is 25.2 Å². The Kier molecular flexibility index (Phi) is 3.47. The lowest BCUT2D eigenvalue weighted by Crippen LogP contribution is -2.23. The van der Waals surface area contributed by atoms with Crippen LogP contribution in [0.15, 0.2) is 4.52 Å². The van der Waals surface area contributed by atoms with Crippen molar-refractivity contribution in [3.63, 3.8) is 0 Å². The summed E-state index contributed by atoms with van der Waals surface area (Å²) in [6.07, 6.45) is 1.94. The first-order valence-corrected chi connectivity index (χ1v) is 6.59. The molecule has 5 heteroatoms. The summed E-state index contributed by atoms with van der Waals surface area (Å²) in [7, 11) is 0. The van der Waals surface area contributed by atoms with Crippen molar-refractivity contribution in [2.45, 2.75) is 52.1 Å². The van der Waals surface area contributed by atoms with E-state index in [9.17, 15) is 0 Å². The summed E-state index contributed by atoms with van der Waals surface area (Å²) in [5.41, 5.74) is 5.66. The van der Waals surface area contributed by atoms with E-state index in [2.05, 4.69) is 30.9 Å². The summed E-state index contributed by atoms with van der Waals surface area (Å²) < 4.78 is 11.1. The van der Waals surface area contributed by atoms with Crippen molar-refractivity contribution in [1.82, 2.24) is 10.1 Å². The minimum absolute atomic E-state index is 0.0557. The number of hydrogen-bond acceptors (Lipinski definition) is 5. The molecule has 5 nitrogen and oxygen atoms in total. The van der Waals surface area contributed by atoms with E-state index in [0.717, 1.165) is 12.8 Å². The summed E-state index contributed by atoms with van der Waals surface area (Å²) in [4.78, 5) is 4.52. The normalized spacial score (nSPS) is 19.8. The Bertz CT molecular complexity index is 405. The van der Waals surface area contributed by atoms with Crippen LogP contribution in [0.25, 0.3) is 0 Å². The van der Waals surface area contributed by atoms with E-state index in [-0.39, 0.29) is 16.9 Å². The molecule has 2 rings (SSSR count). The van der Waals surface area contributed by atoms with Gasteiger partial charge in [-0.15, -0.1) is 0 Å². The molecule has 2 N–H and O–H groups in total. The zero-order valence-electron chi connectivity index (χ0n) is 11.7. The first-order valence-electron chi connectivity index (χ1n) is 6.59. The van der Waals surface area contributed by atoms with Crippen molar-refractivity contribution in [3.05, 3.63) is 11.7 Å². The molecule has 1 aromatic heterocycles. The van der Waals surface area contributed by atoms with Gasteiger partial charge in [0, 0.05) is 13.2 Å². The topological polar surface area (TPSA) is 74.2 Å². The van der Waals surface area contributed by atoms with Gasteiger partial charge in [-0.3, -0.25) is 0 Å². The van der Waals surface area contributed by atoms with Crippen LogP contribution in [0.4, 0.5) is 0 Å². The van der Waals surface area contributed by atoms with E-state index < -0.39 is 0 Å². The summed E-state index contributed by atoms with van der Waals surface area (Å²) in [5, 5.41) is 4.09. The summed E-state index contributed by atoms with van der Waals surface area (Å²) >= 11 is 0. The Balaban J connectivity index is 2.22. The zero-order valence-corrected chi connectivity index (χ0v) is 11.7. The molecule has 1 aromatic rings. The summed E-state index contributed by atoms with van der Waals surface area (Å²) in [6, 6.07) is 0. The lowest BCUT2D eigenvalue weighted by Gasteiger charge is -2.27. The number of nitrogens with two attached hydrogens (primary N) is 1. The van der Waals surface area contributed by atoms with Gasteiger partial charge in [0.05, 0.1) is 5.41 Å². The van der Waals surface area contributed by atoms with Crippen LogP contribution in [-0.4, -0.2) is 23.3 Å². The zero-order chi connectivity index (χ0) is 13.4. The Morgan fingerprint density at radius 3 is 2.56 bits per heavy atom. The SMILES string of the molecule is CCOC(c1noc(C2(CN)CC2)n1)C(C)(C)C. The number of nitrogens with zero attached hydrogens (tertiary/aromatic N) is 2. The molecule has 1 fully saturated rings. The molecular formula is C13H23N3O2. The molecule has 1 atom stereocenters. The minimum Gasteiger partial charge on any atom is -0.370 e. The Morgan fingerprint density at radius 2 is 2.11 bits per heavy atom. The van der Waals surface area contributed by atoms with Crippen molar-refractivity contribution in [1.29, 1.82) is 0 Å². The van der Waals surface area contributed by atoms with Gasteiger partial charge in [-0.2, -0.15) is 4.98 Å². The highest BCUT2D eigenvalue weighted by molar-refractivity contribution is 5.17. The maximum Gasteiger partial charge on any atom is 0.234 e. The van der Waals surface area contributed by atoms with Crippen LogP contribution < -0.4 is 5.73 Å². The molecule has 0 aliphatic heterocycles. The second-order valence-corrected chi connectivity index (χ2v) is 6.14. The Hall–Kier alpha value is -0.940. The minimum atomic E-state index is -0.145. The molecule has 102 valence electrons. The van der Waals surface area contributed by atoms with E-state index in [1.165, 1.54) is 0 Å². The molecule has 0 radical (unpaired) electrons. The number of ether oxygens (including phenoxy) is 1.